The van der Waals surface area contributed by atoms with Crippen LogP contribution in [-0.2, 0) is 21.4 Å². The number of aryl methyl sites for hydroxylation is 1. The number of hydrogen-bond acceptors (Lipinski definition) is 4. The van der Waals surface area contributed by atoms with Crippen LogP contribution in [-0.4, -0.2) is 25.1 Å². The van der Waals surface area contributed by atoms with Gasteiger partial charge in [0.1, 0.15) is 5.82 Å². The molecular formula is C16H15F3N2O4S. The average molecular weight is 388 g/mol. The Morgan fingerprint density at radius 2 is 1.81 bits per heavy atom. The number of hydrogen-bond donors (Lipinski definition) is 1. The lowest BCUT2D eigenvalue weighted by molar-refractivity contribution is -0.119. The average Bonchev–Trinajstić information content (AvgIpc) is 2.51. The summed E-state index contributed by atoms with van der Waals surface area (Å²) in [4.78, 5) is 23.4. The Bertz CT molecular complexity index is 1000. The first-order chi connectivity index (χ1) is 12.1. The van der Waals surface area contributed by atoms with Gasteiger partial charge in [0.2, 0.25) is 15.9 Å². The van der Waals surface area contributed by atoms with Crippen LogP contribution >= 0.6 is 0 Å². The molecule has 10 heteroatoms. The highest BCUT2D eigenvalue weighted by atomic mass is 32.2. The molecule has 26 heavy (non-hydrogen) atoms. The topological polar surface area (TPSA) is 85.2 Å². The largest absolute Gasteiger partial charge is 0.315 e. The molecule has 1 aromatic heterocycles. The third kappa shape index (κ3) is 4.94. The van der Waals surface area contributed by atoms with Crippen molar-refractivity contribution in [1.29, 1.82) is 0 Å². The predicted molar refractivity (Wildman–Crippen MR) is 88.2 cm³/mol. The molecule has 1 aromatic carbocycles. The first-order valence-electron chi connectivity index (χ1n) is 7.43. The maximum absolute atomic E-state index is 13.8. The molecule has 0 unspecified atom stereocenters. The van der Waals surface area contributed by atoms with E-state index < -0.39 is 44.5 Å². The van der Waals surface area contributed by atoms with E-state index in [0.717, 1.165) is 18.4 Å². The molecule has 1 heterocycles. The van der Waals surface area contributed by atoms with Crippen LogP contribution in [0.15, 0.2) is 35.3 Å². The molecule has 0 bridgehead atoms. The van der Waals surface area contributed by atoms with Crippen molar-refractivity contribution in [2.45, 2.75) is 19.4 Å². The number of benzene rings is 1. The van der Waals surface area contributed by atoms with Gasteiger partial charge in [0.05, 0.1) is 11.8 Å². The van der Waals surface area contributed by atoms with E-state index in [0.29, 0.717) is 6.07 Å². The summed E-state index contributed by atoms with van der Waals surface area (Å²) in [6.45, 7) is 0.0877. The monoisotopic (exact) mass is 388 g/mol. The molecular weight excluding hydrogens is 373 g/mol. The molecule has 1 amide bonds. The molecule has 0 aliphatic carbocycles. The Hall–Kier alpha value is -2.62. The lowest BCUT2D eigenvalue weighted by Crippen LogP contribution is -2.29. The minimum Gasteiger partial charge on any atom is -0.315 e. The number of nitrogens with zero attached hydrogens (tertiary/aromatic N) is 1. The van der Waals surface area contributed by atoms with E-state index >= 15 is 0 Å². The second kappa shape index (κ2) is 7.73. The number of halogens is 3. The van der Waals surface area contributed by atoms with Gasteiger partial charge in [-0.15, -0.1) is 0 Å². The second-order valence-electron chi connectivity index (χ2n) is 5.57. The van der Waals surface area contributed by atoms with E-state index in [1.807, 2.05) is 0 Å². The molecule has 2 rings (SSSR count). The van der Waals surface area contributed by atoms with Gasteiger partial charge in [0.15, 0.2) is 11.6 Å². The van der Waals surface area contributed by atoms with Crippen molar-refractivity contribution in [1.82, 2.24) is 9.29 Å². The van der Waals surface area contributed by atoms with Gasteiger partial charge >= 0.3 is 0 Å². The number of pyridine rings is 1. The zero-order chi connectivity index (χ0) is 19.5. The van der Waals surface area contributed by atoms with Crippen molar-refractivity contribution < 1.29 is 26.4 Å². The minimum atomic E-state index is -3.64. The van der Waals surface area contributed by atoms with E-state index in [1.165, 1.54) is 16.8 Å². The summed E-state index contributed by atoms with van der Waals surface area (Å²) in [5, 5.41) is 0. The fraction of sp³-hybridized carbons (Fsp3) is 0.250. The van der Waals surface area contributed by atoms with Crippen molar-refractivity contribution in [3.8, 4) is 11.1 Å². The van der Waals surface area contributed by atoms with Crippen LogP contribution in [0.2, 0.25) is 0 Å². The van der Waals surface area contributed by atoms with Crippen LogP contribution < -0.4 is 10.3 Å². The van der Waals surface area contributed by atoms with Crippen molar-refractivity contribution >= 4 is 15.9 Å². The third-order valence-electron chi connectivity index (χ3n) is 3.43. The summed E-state index contributed by atoms with van der Waals surface area (Å²) in [5.41, 5.74) is -1.36. The number of nitrogens with one attached hydrogen (secondary N) is 1. The SMILES string of the molecule is CS(=O)(=O)NC(=O)CCCn1ccc(-c2c(F)ccc(F)c2F)cc1=O. The summed E-state index contributed by atoms with van der Waals surface area (Å²) in [7, 11) is -3.64. The van der Waals surface area contributed by atoms with Crippen LogP contribution in [0.25, 0.3) is 11.1 Å². The molecule has 0 aliphatic rings. The van der Waals surface area contributed by atoms with E-state index in [9.17, 15) is 31.2 Å². The van der Waals surface area contributed by atoms with Gasteiger partial charge in [-0.05, 0) is 30.2 Å². The van der Waals surface area contributed by atoms with Gasteiger partial charge in [0, 0.05) is 25.2 Å². The first-order valence-corrected chi connectivity index (χ1v) is 9.32. The number of sulfonamides is 1. The Kier molecular flexibility index (Phi) is 5.86. The smallest absolute Gasteiger partial charge is 0.251 e. The maximum Gasteiger partial charge on any atom is 0.251 e. The molecule has 0 aliphatic heterocycles. The number of carbonyl (C=O) groups excluding carboxylic acids is 1. The van der Waals surface area contributed by atoms with Gasteiger partial charge in [-0.2, -0.15) is 0 Å². The van der Waals surface area contributed by atoms with E-state index in [-0.39, 0.29) is 24.9 Å². The molecule has 0 spiro atoms. The molecule has 0 fully saturated rings. The number of amides is 1. The molecule has 140 valence electrons. The molecule has 6 nitrogen and oxygen atoms in total. The zero-order valence-corrected chi connectivity index (χ0v) is 14.4. The molecule has 0 radical (unpaired) electrons. The Balaban J connectivity index is 2.13. The van der Waals surface area contributed by atoms with Gasteiger partial charge < -0.3 is 4.57 Å². The fourth-order valence-corrected chi connectivity index (χ4v) is 2.82. The summed E-state index contributed by atoms with van der Waals surface area (Å²) in [6, 6.07) is 3.62. The van der Waals surface area contributed by atoms with Crippen LogP contribution in [0.3, 0.4) is 0 Å². The standard InChI is InChI=1S/C16H15F3N2O4S/c1-26(24,25)20-13(22)3-2-7-21-8-6-10(9-14(21)23)15-11(17)4-5-12(18)16(15)19/h4-6,8-9H,2-3,7H2,1H3,(H,20,22). The van der Waals surface area contributed by atoms with Crippen molar-refractivity contribution in [3.63, 3.8) is 0 Å². The van der Waals surface area contributed by atoms with E-state index in [2.05, 4.69) is 0 Å². The molecule has 0 saturated heterocycles. The highest BCUT2D eigenvalue weighted by Crippen LogP contribution is 2.26. The summed E-state index contributed by atoms with van der Waals surface area (Å²) in [5.74, 6) is -4.33. The Morgan fingerprint density at radius 3 is 2.42 bits per heavy atom. The first kappa shape index (κ1) is 19.7. The van der Waals surface area contributed by atoms with Crippen molar-refractivity contribution in [2.24, 2.45) is 0 Å². The number of rotatable bonds is 6. The van der Waals surface area contributed by atoms with Crippen LogP contribution in [0.1, 0.15) is 12.8 Å². The molecule has 1 N–H and O–H groups in total. The summed E-state index contributed by atoms with van der Waals surface area (Å²) < 4.78 is 65.6. The quantitative estimate of drug-likeness (QED) is 0.765. The minimum absolute atomic E-state index is 0.0877. The van der Waals surface area contributed by atoms with Gasteiger partial charge in [-0.3, -0.25) is 14.3 Å². The summed E-state index contributed by atoms with van der Waals surface area (Å²) in [6.07, 6.45) is 2.15. The highest BCUT2D eigenvalue weighted by Gasteiger charge is 2.16. The predicted octanol–water partition coefficient (Wildman–Crippen LogP) is 1.79. The van der Waals surface area contributed by atoms with Crippen LogP contribution in [0, 0.1) is 17.5 Å². The lowest BCUT2D eigenvalue weighted by Gasteiger charge is -2.09. The van der Waals surface area contributed by atoms with E-state index in [4.69, 9.17) is 0 Å². The number of carbonyl (C=O) groups is 1. The Labute approximate surface area is 147 Å². The molecule has 2 aromatic rings. The number of aromatic nitrogens is 1. The van der Waals surface area contributed by atoms with Gasteiger partial charge in [0.25, 0.3) is 5.56 Å². The molecule has 0 atom stereocenters. The van der Waals surface area contributed by atoms with E-state index in [1.54, 1.807) is 4.72 Å². The maximum atomic E-state index is 13.8. The Morgan fingerprint density at radius 1 is 1.15 bits per heavy atom. The van der Waals surface area contributed by atoms with Crippen molar-refractivity contribution in [2.75, 3.05) is 6.26 Å². The highest BCUT2D eigenvalue weighted by molar-refractivity contribution is 7.89. The second-order valence-corrected chi connectivity index (χ2v) is 7.31. The summed E-state index contributed by atoms with van der Waals surface area (Å²) >= 11 is 0. The molecule has 0 saturated carbocycles. The normalized spacial score (nSPS) is 11.4. The van der Waals surface area contributed by atoms with Gasteiger partial charge in [-0.25, -0.2) is 21.6 Å². The van der Waals surface area contributed by atoms with Gasteiger partial charge in [-0.1, -0.05) is 0 Å². The fourth-order valence-electron chi connectivity index (χ4n) is 2.31. The van der Waals surface area contributed by atoms with Crippen LogP contribution in [0.4, 0.5) is 13.2 Å². The lowest BCUT2D eigenvalue weighted by atomic mass is 10.1. The van der Waals surface area contributed by atoms with Crippen LogP contribution in [0.5, 0.6) is 0 Å². The van der Waals surface area contributed by atoms with Crippen molar-refractivity contribution in [3.05, 3.63) is 58.3 Å². The third-order valence-corrected chi connectivity index (χ3v) is 4.03. The zero-order valence-electron chi connectivity index (χ0n) is 13.6.